The second-order valence-corrected chi connectivity index (χ2v) is 4.93. The van der Waals surface area contributed by atoms with Crippen LogP contribution in [0.3, 0.4) is 0 Å². The lowest BCUT2D eigenvalue weighted by atomic mass is 10.1. The number of amides is 1. The van der Waals surface area contributed by atoms with Gasteiger partial charge in [0, 0.05) is 17.3 Å². The quantitative estimate of drug-likeness (QED) is 0.801. The Morgan fingerprint density at radius 3 is 2.78 bits per heavy atom. The molecule has 4 heteroatoms. The van der Waals surface area contributed by atoms with E-state index in [1.54, 1.807) is 12.1 Å². The van der Waals surface area contributed by atoms with Crippen molar-refractivity contribution >= 4 is 17.5 Å². The van der Waals surface area contributed by atoms with Crippen LogP contribution in [-0.2, 0) is 6.42 Å². The van der Waals surface area contributed by atoms with Gasteiger partial charge in [-0.05, 0) is 31.9 Å². The third-order valence-corrected chi connectivity index (χ3v) is 3.03. The van der Waals surface area contributed by atoms with Crippen molar-refractivity contribution in [2.75, 3.05) is 0 Å². The lowest BCUT2D eigenvalue weighted by molar-refractivity contribution is 0.0937. The molecule has 1 unspecified atom stereocenters. The van der Waals surface area contributed by atoms with Gasteiger partial charge in [-0.3, -0.25) is 4.79 Å². The normalized spacial score (nSPS) is 12.2. The molecule has 1 aromatic rings. The summed E-state index contributed by atoms with van der Waals surface area (Å²) in [6, 6.07) is 3.60. The number of rotatable bonds is 6. The predicted molar refractivity (Wildman–Crippen MR) is 75.1 cm³/mol. The Bertz CT molecular complexity index is 407. The number of aromatic nitrogens is 1. The van der Waals surface area contributed by atoms with Crippen molar-refractivity contribution in [3.63, 3.8) is 0 Å². The molecule has 18 heavy (non-hydrogen) atoms. The highest BCUT2D eigenvalue weighted by molar-refractivity contribution is 6.29. The molecule has 0 fully saturated rings. The van der Waals surface area contributed by atoms with E-state index in [4.69, 9.17) is 11.6 Å². The first-order chi connectivity index (χ1) is 8.56. The Morgan fingerprint density at radius 2 is 2.17 bits per heavy atom. The van der Waals surface area contributed by atoms with Gasteiger partial charge < -0.3 is 5.32 Å². The average molecular weight is 269 g/mol. The molecule has 3 nitrogen and oxygen atoms in total. The molecule has 1 amide bonds. The van der Waals surface area contributed by atoms with E-state index in [9.17, 15) is 4.79 Å². The number of carbonyl (C=O) groups is 1. The second kappa shape index (κ2) is 7.37. The molecule has 1 aromatic heterocycles. The Balaban J connectivity index is 2.68. The van der Waals surface area contributed by atoms with Crippen molar-refractivity contribution in [3.05, 3.63) is 28.5 Å². The fourth-order valence-corrected chi connectivity index (χ4v) is 1.98. The van der Waals surface area contributed by atoms with Crippen LogP contribution >= 0.6 is 11.6 Å². The maximum Gasteiger partial charge on any atom is 0.251 e. The van der Waals surface area contributed by atoms with Crippen molar-refractivity contribution in [1.29, 1.82) is 0 Å². The minimum absolute atomic E-state index is 0.0717. The molecule has 0 aliphatic carbocycles. The van der Waals surface area contributed by atoms with E-state index in [-0.39, 0.29) is 11.9 Å². The van der Waals surface area contributed by atoms with Crippen LogP contribution in [0.15, 0.2) is 12.1 Å². The molecule has 0 saturated carbocycles. The Hall–Kier alpha value is -1.09. The van der Waals surface area contributed by atoms with E-state index in [0.717, 1.165) is 31.4 Å². The number of halogens is 1. The highest BCUT2D eigenvalue weighted by Gasteiger charge is 2.11. The molecule has 0 radical (unpaired) electrons. The minimum atomic E-state index is -0.0717. The fraction of sp³-hybridized carbons (Fsp3) is 0.571. The first-order valence-electron chi connectivity index (χ1n) is 6.54. The summed E-state index contributed by atoms with van der Waals surface area (Å²) in [5.41, 5.74) is 1.43. The summed E-state index contributed by atoms with van der Waals surface area (Å²) in [5, 5.41) is 3.36. The summed E-state index contributed by atoms with van der Waals surface area (Å²) in [6.07, 6.45) is 4.04. The highest BCUT2D eigenvalue weighted by Crippen LogP contribution is 2.12. The van der Waals surface area contributed by atoms with Gasteiger partial charge in [-0.2, -0.15) is 0 Å². The molecule has 0 aliphatic heterocycles. The zero-order chi connectivity index (χ0) is 13.5. The van der Waals surface area contributed by atoms with E-state index in [0.29, 0.717) is 10.7 Å². The van der Waals surface area contributed by atoms with Crippen LogP contribution in [0.2, 0.25) is 5.15 Å². The van der Waals surface area contributed by atoms with Crippen LogP contribution in [0.4, 0.5) is 0 Å². The molecular weight excluding hydrogens is 248 g/mol. The minimum Gasteiger partial charge on any atom is -0.350 e. The Labute approximate surface area is 114 Å². The summed E-state index contributed by atoms with van der Waals surface area (Å²) < 4.78 is 0. The van der Waals surface area contributed by atoms with Gasteiger partial charge in [-0.15, -0.1) is 0 Å². The van der Waals surface area contributed by atoms with E-state index in [1.165, 1.54) is 0 Å². The predicted octanol–water partition coefficient (Wildman–Crippen LogP) is 3.61. The molecule has 1 atom stereocenters. The standard InChI is InChI=1S/C14H21ClN2O/c1-4-6-7-10(3)16-14(18)11-8-12(5-2)17-13(15)9-11/h8-10H,4-7H2,1-3H3,(H,16,18). The first-order valence-corrected chi connectivity index (χ1v) is 6.92. The summed E-state index contributed by atoms with van der Waals surface area (Å²) in [5.74, 6) is -0.0717. The van der Waals surface area contributed by atoms with Gasteiger partial charge in [0.05, 0.1) is 0 Å². The molecule has 1 N–H and O–H groups in total. The summed E-state index contributed by atoms with van der Waals surface area (Å²) >= 11 is 5.90. The summed E-state index contributed by atoms with van der Waals surface area (Å²) in [7, 11) is 0. The van der Waals surface area contributed by atoms with Crippen LogP contribution in [-0.4, -0.2) is 16.9 Å². The van der Waals surface area contributed by atoms with Crippen molar-refractivity contribution in [1.82, 2.24) is 10.3 Å². The number of unbranched alkanes of at least 4 members (excludes halogenated alkanes) is 1. The van der Waals surface area contributed by atoms with E-state index >= 15 is 0 Å². The molecule has 0 saturated heterocycles. The Kier molecular flexibility index (Phi) is 6.13. The van der Waals surface area contributed by atoms with Crippen molar-refractivity contribution in [2.45, 2.75) is 52.5 Å². The van der Waals surface area contributed by atoms with Gasteiger partial charge in [-0.25, -0.2) is 4.98 Å². The third-order valence-electron chi connectivity index (χ3n) is 2.84. The lowest BCUT2D eigenvalue weighted by Crippen LogP contribution is -2.32. The van der Waals surface area contributed by atoms with Gasteiger partial charge in [0.2, 0.25) is 0 Å². The molecule has 0 spiro atoms. The smallest absolute Gasteiger partial charge is 0.251 e. The topological polar surface area (TPSA) is 42.0 Å². The van der Waals surface area contributed by atoms with Crippen LogP contribution in [0.5, 0.6) is 0 Å². The maximum absolute atomic E-state index is 12.0. The van der Waals surface area contributed by atoms with E-state index in [1.807, 2.05) is 13.8 Å². The molecule has 0 aromatic carbocycles. The van der Waals surface area contributed by atoms with Gasteiger partial charge >= 0.3 is 0 Å². The second-order valence-electron chi connectivity index (χ2n) is 4.54. The monoisotopic (exact) mass is 268 g/mol. The molecular formula is C14H21ClN2O. The first kappa shape index (κ1) is 15.0. The van der Waals surface area contributed by atoms with Crippen LogP contribution in [0.25, 0.3) is 0 Å². The molecule has 0 bridgehead atoms. The van der Waals surface area contributed by atoms with Crippen LogP contribution in [0.1, 0.15) is 56.1 Å². The largest absolute Gasteiger partial charge is 0.350 e. The number of hydrogen-bond acceptors (Lipinski definition) is 2. The maximum atomic E-state index is 12.0. The number of aryl methyl sites for hydroxylation is 1. The van der Waals surface area contributed by atoms with Crippen molar-refractivity contribution in [3.8, 4) is 0 Å². The van der Waals surface area contributed by atoms with Crippen molar-refractivity contribution < 1.29 is 4.79 Å². The van der Waals surface area contributed by atoms with Crippen LogP contribution < -0.4 is 5.32 Å². The summed E-state index contributed by atoms with van der Waals surface area (Å²) in [4.78, 5) is 16.2. The molecule has 1 rings (SSSR count). The number of nitrogens with zero attached hydrogens (tertiary/aromatic N) is 1. The van der Waals surface area contributed by atoms with Crippen LogP contribution in [0, 0.1) is 0 Å². The summed E-state index contributed by atoms with van der Waals surface area (Å²) in [6.45, 7) is 6.16. The zero-order valence-corrected chi connectivity index (χ0v) is 12.0. The van der Waals surface area contributed by atoms with E-state index < -0.39 is 0 Å². The Morgan fingerprint density at radius 1 is 1.44 bits per heavy atom. The van der Waals surface area contributed by atoms with Gasteiger partial charge in [0.15, 0.2) is 0 Å². The van der Waals surface area contributed by atoms with Gasteiger partial charge in [-0.1, -0.05) is 38.3 Å². The number of pyridine rings is 1. The van der Waals surface area contributed by atoms with E-state index in [2.05, 4.69) is 17.2 Å². The molecule has 1 heterocycles. The van der Waals surface area contributed by atoms with Gasteiger partial charge in [0.1, 0.15) is 5.15 Å². The zero-order valence-electron chi connectivity index (χ0n) is 11.3. The number of hydrogen-bond donors (Lipinski definition) is 1. The average Bonchev–Trinajstić information content (AvgIpc) is 2.35. The molecule has 100 valence electrons. The molecule has 0 aliphatic rings. The SMILES string of the molecule is CCCCC(C)NC(=O)c1cc(Cl)nc(CC)c1. The number of carbonyl (C=O) groups excluding carboxylic acids is 1. The lowest BCUT2D eigenvalue weighted by Gasteiger charge is -2.13. The van der Waals surface area contributed by atoms with Crippen molar-refractivity contribution in [2.24, 2.45) is 0 Å². The number of nitrogens with one attached hydrogen (secondary N) is 1. The third kappa shape index (κ3) is 4.65. The highest BCUT2D eigenvalue weighted by atomic mass is 35.5. The van der Waals surface area contributed by atoms with Gasteiger partial charge in [0.25, 0.3) is 5.91 Å². The fourth-order valence-electron chi connectivity index (χ4n) is 1.75.